The molecule has 0 unspecified atom stereocenters. The Morgan fingerprint density at radius 2 is 1.80 bits per heavy atom. The number of carbonyl (C=O) groups is 1. The van der Waals surface area contributed by atoms with Crippen molar-refractivity contribution in [3.8, 4) is 17.1 Å². The Labute approximate surface area is 161 Å². The summed E-state index contributed by atoms with van der Waals surface area (Å²) in [6.07, 6.45) is 4.94. The fourth-order valence-electron chi connectivity index (χ4n) is 2.13. The summed E-state index contributed by atoms with van der Waals surface area (Å²) in [6, 6.07) is 21.2. The van der Waals surface area contributed by atoms with E-state index in [1.54, 1.807) is 0 Å². The molecular formula is C20H19IrN2O2-. The normalized spacial score (nSPS) is 10.2. The van der Waals surface area contributed by atoms with Crippen molar-refractivity contribution in [3.63, 3.8) is 0 Å². The largest absolute Gasteiger partial charge is 0.512 e. The number of aliphatic hydroxyl groups excluding tert-OH is 1. The molecule has 0 aliphatic heterocycles. The van der Waals surface area contributed by atoms with Gasteiger partial charge in [0.1, 0.15) is 0 Å². The van der Waals surface area contributed by atoms with Crippen LogP contribution in [0.1, 0.15) is 13.8 Å². The monoisotopic (exact) mass is 512 g/mol. The van der Waals surface area contributed by atoms with Gasteiger partial charge in [0, 0.05) is 44.3 Å². The molecule has 0 bridgehead atoms. The SMILES string of the molecule is CC(=O)/C=C(/C)O.[Ir].[c-]1ccccc1-c1nccn1-c1ccccc1. The molecule has 1 N–H and O–H groups in total. The van der Waals surface area contributed by atoms with Crippen molar-refractivity contribution >= 4 is 5.78 Å². The molecule has 2 aromatic carbocycles. The number of ketones is 1. The minimum atomic E-state index is -0.125. The molecule has 4 nitrogen and oxygen atoms in total. The summed E-state index contributed by atoms with van der Waals surface area (Å²) < 4.78 is 2.06. The third kappa shape index (κ3) is 6.49. The molecule has 0 saturated heterocycles. The van der Waals surface area contributed by atoms with Crippen molar-refractivity contribution < 1.29 is 30.0 Å². The van der Waals surface area contributed by atoms with Gasteiger partial charge in [-0.3, -0.25) is 9.78 Å². The van der Waals surface area contributed by atoms with Crippen LogP contribution in [0.4, 0.5) is 0 Å². The molecule has 25 heavy (non-hydrogen) atoms. The summed E-state index contributed by atoms with van der Waals surface area (Å²) in [5.41, 5.74) is 2.11. The predicted molar refractivity (Wildman–Crippen MR) is 94.9 cm³/mol. The van der Waals surface area contributed by atoms with Gasteiger partial charge in [-0.15, -0.1) is 35.9 Å². The number of rotatable bonds is 3. The number of benzene rings is 2. The number of carbonyl (C=O) groups excluding carboxylic acids is 1. The Balaban J connectivity index is 0.000000339. The first-order chi connectivity index (χ1) is 11.6. The topological polar surface area (TPSA) is 55.1 Å². The molecule has 0 fully saturated rings. The average molecular weight is 512 g/mol. The summed E-state index contributed by atoms with van der Waals surface area (Å²) in [5.74, 6) is 0.851. The van der Waals surface area contributed by atoms with Crippen LogP contribution >= 0.6 is 0 Å². The van der Waals surface area contributed by atoms with Crippen molar-refractivity contribution in [3.05, 3.63) is 84.9 Å². The number of allylic oxidation sites excluding steroid dienone is 2. The molecular weight excluding hydrogens is 492 g/mol. The van der Waals surface area contributed by atoms with Crippen LogP contribution in [0.25, 0.3) is 17.1 Å². The van der Waals surface area contributed by atoms with Crippen molar-refractivity contribution in [1.29, 1.82) is 0 Å². The second kappa shape index (κ2) is 10.4. The van der Waals surface area contributed by atoms with Gasteiger partial charge >= 0.3 is 0 Å². The van der Waals surface area contributed by atoms with Gasteiger partial charge in [-0.1, -0.05) is 18.2 Å². The number of hydrogen-bond acceptors (Lipinski definition) is 3. The Kier molecular flexibility index (Phi) is 8.54. The van der Waals surface area contributed by atoms with Crippen molar-refractivity contribution in [2.75, 3.05) is 0 Å². The first-order valence-corrected chi connectivity index (χ1v) is 7.51. The fraction of sp³-hybridized carbons (Fsp3) is 0.100. The standard InChI is InChI=1S/C15H11N2.C5H8O2.Ir/c1-3-7-13(8-4-1)15-16-11-12-17(15)14-9-5-2-6-10-14;1-4(6)3-5(2)7;/h1-7,9-12H;3,6H,1-2H3;/q-1;;/b;4-3-;. The van der Waals surface area contributed by atoms with E-state index in [0.29, 0.717) is 0 Å². The van der Waals surface area contributed by atoms with Crippen LogP contribution in [0.15, 0.2) is 78.8 Å². The number of para-hydroxylation sites is 1. The summed E-state index contributed by atoms with van der Waals surface area (Å²) in [7, 11) is 0. The van der Waals surface area contributed by atoms with E-state index in [-0.39, 0.29) is 31.6 Å². The maximum Gasteiger partial charge on any atom is 0.155 e. The molecule has 0 saturated carbocycles. The van der Waals surface area contributed by atoms with Gasteiger partial charge < -0.3 is 9.67 Å². The Morgan fingerprint density at radius 1 is 1.12 bits per heavy atom. The van der Waals surface area contributed by atoms with Crippen LogP contribution in [-0.4, -0.2) is 20.4 Å². The molecule has 5 heteroatoms. The van der Waals surface area contributed by atoms with Gasteiger partial charge in [0.2, 0.25) is 0 Å². The maximum absolute atomic E-state index is 10.0. The van der Waals surface area contributed by atoms with Gasteiger partial charge in [-0.2, -0.15) is 0 Å². The van der Waals surface area contributed by atoms with Gasteiger partial charge in [-0.05, 0) is 26.0 Å². The summed E-state index contributed by atoms with van der Waals surface area (Å²) in [4.78, 5) is 14.4. The third-order valence-corrected chi connectivity index (χ3v) is 3.04. The fourth-order valence-corrected chi connectivity index (χ4v) is 2.13. The summed E-state index contributed by atoms with van der Waals surface area (Å²) in [6.45, 7) is 2.85. The number of nitrogens with zero attached hydrogens (tertiary/aromatic N) is 2. The van der Waals surface area contributed by atoms with Crippen LogP contribution in [0, 0.1) is 6.07 Å². The molecule has 1 heterocycles. The van der Waals surface area contributed by atoms with Crippen LogP contribution in [0.3, 0.4) is 0 Å². The molecule has 1 aromatic heterocycles. The first kappa shape index (κ1) is 20.6. The Bertz CT molecular complexity index is 754. The molecule has 3 aromatic rings. The van der Waals surface area contributed by atoms with Crippen molar-refractivity contribution in [2.45, 2.75) is 13.8 Å². The third-order valence-electron chi connectivity index (χ3n) is 3.04. The molecule has 0 atom stereocenters. The first-order valence-electron chi connectivity index (χ1n) is 7.51. The Hall–Kier alpha value is -2.49. The van der Waals surface area contributed by atoms with E-state index in [1.807, 2.05) is 54.9 Å². The number of hydrogen-bond donors (Lipinski definition) is 1. The number of imidazole rings is 1. The molecule has 131 valence electrons. The quantitative estimate of drug-likeness (QED) is 0.323. The van der Waals surface area contributed by atoms with Crippen LogP contribution in [-0.2, 0) is 24.9 Å². The van der Waals surface area contributed by atoms with Crippen molar-refractivity contribution in [1.82, 2.24) is 9.55 Å². The van der Waals surface area contributed by atoms with E-state index in [2.05, 4.69) is 27.8 Å². The number of aliphatic hydroxyl groups is 1. The molecule has 0 spiro atoms. The van der Waals surface area contributed by atoms with Gasteiger partial charge in [0.05, 0.1) is 11.6 Å². The van der Waals surface area contributed by atoms with Crippen LogP contribution in [0.5, 0.6) is 0 Å². The second-order valence-corrected chi connectivity index (χ2v) is 5.13. The maximum atomic E-state index is 10.0. The van der Waals surface area contributed by atoms with Crippen LogP contribution < -0.4 is 0 Å². The smallest absolute Gasteiger partial charge is 0.155 e. The van der Waals surface area contributed by atoms with E-state index in [4.69, 9.17) is 5.11 Å². The molecule has 0 aliphatic rings. The van der Waals surface area contributed by atoms with E-state index in [9.17, 15) is 4.79 Å². The molecule has 0 amide bonds. The van der Waals surface area contributed by atoms with Crippen molar-refractivity contribution in [2.24, 2.45) is 0 Å². The van der Waals surface area contributed by atoms with E-state index in [0.717, 1.165) is 17.1 Å². The zero-order valence-corrected chi connectivity index (χ0v) is 16.4. The van der Waals surface area contributed by atoms with Gasteiger partial charge in [0.15, 0.2) is 5.78 Å². The van der Waals surface area contributed by atoms with Gasteiger partial charge in [-0.25, -0.2) is 0 Å². The minimum Gasteiger partial charge on any atom is -0.512 e. The minimum absolute atomic E-state index is 0. The van der Waals surface area contributed by atoms with Gasteiger partial charge in [0.25, 0.3) is 0 Å². The van der Waals surface area contributed by atoms with E-state index < -0.39 is 0 Å². The number of aromatic nitrogens is 2. The van der Waals surface area contributed by atoms with Crippen LogP contribution in [0.2, 0.25) is 0 Å². The molecule has 3 rings (SSSR count). The summed E-state index contributed by atoms with van der Waals surface area (Å²) in [5, 5.41) is 8.36. The second-order valence-electron chi connectivity index (χ2n) is 5.13. The van der Waals surface area contributed by atoms with E-state index >= 15 is 0 Å². The summed E-state index contributed by atoms with van der Waals surface area (Å²) >= 11 is 0. The zero-order chi connectivity index (χ0) is 17.4. The predicted octanol–water partition coefficient (Wildman–Crippen LogP) is 4.37. The molecule has 1 radical (unpaired) electrons. The Morgan fingerprint density at radius 3 is 2.32 bits per heavy atom. The molecule has 0 aliphatic carbocycles. The van der Waals surface area contributed by atoms with E-state index in [1.165, 1.54) is 19.9 Å². The average Bonchev–Trinajstić information content (AvgIpc) is 3.05. The zero-order valence-electron chi connectivity index (χ0n) is 14.0.